The van der Waals surface area contributed by atoms with Crippen LogP contribution in [0.4, 0.5) is 5.00 Å². The van der Waals surface area contributed by atoms with Gasteiger partial charge in [0, 0.05) is 30.2 Å². The van der Waals surface area contributed by atoms with E-state index < -0.39 is 0 Å². The van der Waals surface area contributed by atoms with Crippen molar-refractivity contribution in [3.8, 4) is 0 Å². The second-order valence-corrected chi connectivity index (χ2v) is 7.72. The quantitative estimate of drug-likeness (QED) is 0.770. The molecule has 26 heavy (non-hydrogen) atoms. The van der Waals surface area contributed by atoms with E-state index >= 15 is 0 Å². The number of carbonyl (C=O) groups excluding carboxylic acids is 2. The van der Waals surface area contributed by atoms with Crippen LogP contribution in [0.25, 0.3) is 0 Å². The van der Waals surface area contributed by atoms with E-state index in [1.165, 1.54) is 4.88 Å². The lowest BCUT2D eigenvalue weighted by atomic mass is 9.95. The third-order valence-corrected chi connectivity index (χ3v) is 5.79. The molecule has 0 aromatic carbocycles. The van der Waals surface area contributed by atoms with E-state index in [-0.39, 0.29) is 11.8 Å². The number of rotatable bonds is 7. The molecule has 1 aliphatic carbocycles. The molecule has 0 radical (unpaired) electrons. The van der Waals surface area contributed by atoms with Gasteiger partial charge in [0.25, 0.3) is 5.91 Å². The third kappa shape index (κ3) is 4.49. The summed E-state index contributed by atoms with van der Waals surface area (Å²) < 4.78 is 0. The van der Waals surface area contributed by atoms with Crippen molar-refractivity contribution in [3.05, 3.63) is 46.1 Å². The summed E-state index contributed by atoms with van der Waals surface area (Å²) in [6, 6.07) is 3.79. The Morgan fingerprint density at radius 1 is 1.27 bits per heavy atom. The summed E-state index contributed by atoms with van der Waals surface area (Å²) in [5, 5.41) is 6.68. The summed E-state index contributed by atoms with van der Waals surface area (Å²) in [5.74, 6) is -0.120. The van der Waals surface area contributed by atoms with Gasteiger partial charge in [0.05, 0.1) is 5.56 Å². The molecule has 0 saturated heterocycles. The molecule has 5 nitrogen and oxygen atoms in total. The van der Waals surface area contributed by atoms with Gasteiger partial charge in [0.1, 0.15) is 5.00 Å². The molecular weight excluding hydrogens is 346 g/mol. The van der Waals surface area contributed by atoms with Crippen molar-refractivity contribution in [1.82, 2.24) is 10.3 Å². The fourth-order valence-corrected chi connectivity index (χ4v) is 4.50. The number of unbranched alkanes of at least 4 members (excludes halogenated alkanes) is 1. The number of anilines is 1. The molecule has 2 aromatic rings. The van der Waals surface area contributed by atoms with Gasteiger partial charge in [0.2, 0.25) is 5.91 Å². The van der Waals surface area contributed by atoms with Crippen LogP contribution in [0.5, 0.6) is 0 Å². The lowest BCUT2D eigenvalue weighted by Gasteiger charge is -2.13. The number of pyridine rings is 1. The normalized spacial score (nSPS) is 13.1. The van der Waals surface area contributed by atoms with Gasteiger partial charge in [-0.15, -0.1) is 11.3 Å². The Morgan fingerprint density at radius 3 is 2.88 bits per heavy atom. The molecule has 0 atom stereocenters. The molecule has 0 fully saturated rings. The molecular formula is C20H25N3O2S. The van der Waals surface area contributed by atoms with Crippen LogP contribution in [-0.4, -0.2) is 16.8 Å². The van der Waals surface area contributed by atoms with Crippen molar-refractivity contribution in [1.29, 1.82) is 0 Å². The van der Waals surface area contributed by atoms with E-state index in [1.807, 2.05) is 12.1 Å². The maximum atomic E-state index is 12.9. The van der Waals surface area contributed by atoms with Crippen molar-refractivity contribution < 1.29 is 9.59 Å². The molecule has 0 saturated carbocycles. The average Bonchev–Trinajstić information content (AvgIpc) is 3.03. The number of nitrogens with zero attached hydrogens (tertiary/aromatic N) is 1. The average molecular weight is 372 g/mol. The van der Waals surface area contributed by atoms with Crippen LogP contribution in [0.15, 0.2) is 24.5 Å². The lowest BCUT2D eigenvalue weighted by Crippen LogP contribution is -2.25. The third-order valence-electron chi connectivity index (χ3n) is 4.58. The Bertz CT molecular complexity index is 771. The van der Waals surface area contributed by atoms with E-state index in [4.69, 9.17) is 0 Å². The molecule has 0 unspecified atom stereocenters. The van der Waals surface area contributed by atoms with E-state index in [9.17, 15) is 9.59 Å². The van der Waals surface area contributed by atoms with Crippen LogP contribution in [-0.2, 0) is 24.2 Å². The molecule has 2 amide bonds. The SMILES string of the molecule is CCCCC(=O)Nc1sc2c(c1C(=O)NCc1cccnc1)CCCC2. The summed E-state index contributed by atoms with van der Waals surface area (Å²) in [7, 11) is 0. The second-order valence-electron chi connectivity index (χ2n) is 6.61. The smallest absolute Gasteiger partial charge is 0.254 e. The second kappa shape index (κ2) is 8.94. The Kier molecular flexibility index (Phi) is 6.39. The molecule has 0 bridgehead atoms. The number of amides is 2. The fourth-order valence-electron chi connectivity index (χ4n) is 3.19. The van der Waals surface area contributed by atoms with Crippen LogP contribution in [0.3, 0.4) is 0 Å². The minimum atomic E-state index is -0.112. The van der Waals surface area contributed by atoms with Crippen LogP contribution in [0, 0.1) is 0 Å². The summed E-state index contributed by atoms with van der Waals surface area (Å²) in [5.41, 5.74) is 2.74. The molecule has 6 heteroatoms. The summed E-state index contributed by atoms with van der Waals surface area (Å²) in [4.78, 5) is 30.4. The molecule has 1 aliphatic rings. The first-order chi connectivity index (χ1) is 12.7. The molecule has 3 rings (SSSR count). The van der Waals surface area contributed by atoms with Crippen molar-refractivity contribution in [2.24, 2.45) is 0 Å². The van der Waals surface area contributed by atoms with E-state index in [0.717, 1.165) is 49.7 Å². The standard InChI is InChI=1S/C20H25N3O2S/c1-2-3-10-17(24)23-20-18(15-8-4-5-9-16(15)26-20)19(25)22-13-14-7-6-11-21-12-14/h6-7,11-12H,2-5,8-10,13H2,1H3,(H,22,25)(H,23,24). The predicted octanol–water partition coefficient (Wildman–Crippen LogP) is 4.08. The highest BCUT2D eigenvalue weighted by molar-refractivity contribution is 7.17. The number of nitrogens with one attached hydrogen (secondary N) is 2. The van der Waals surface area contributed by atoms with E-state index in [1.54, 1.807) is 23.7 Å². The largest absolute Gasteiger partial charge is 0.348 e. The number of hydrogen-bond donors (Lipinski definition) is 2. The predicted molar refractivity (Wildman–Crippen MR) is 105 cm³/mol. The van der Waals surface area contributed by atoms with Gasteiger partial charge < -0.3 is 10.6 Å². The molecule has 2 heterocycles. The first-order valence-corrected chi connectivity index (χ1v) is 10.1. The maximum absolute atomic E-state index is 12.9. The van der Waals surface area contributed by atoms with Gasteiger partial charge >= 0.3 is 0 Å². The summed E-state index contributed by atoms with van der Waals surface area (Å²) in [6.07, 6.45) is 9.94. The first-order valence-electron chi connectivity index (χ1n) is 9.30. The number of fused-ring (bicyclic) bond motifs is 1. The highest BCUT2D eigenvalue weighted by atomic mass is 32.1. The summed E-state index contributed by atoms with van der Waals surface area (Å²) >= 11 is 1.57. The monoisotopic (exact) mass is 371 g/mol. The number of aryl methyl sites for hydroxylation is 1. The first kappa shape index (κ1) is 18.6. The zero-order chi connectivity index (χ0) is 18.4. The number of thiophene rings is 1. The highest BCUT2D eigenvalue weighted by Gasteiger charge is 2.26. The van der Waals surface area contributed by atoms with Crippen LogP contribution in [0.2, 0.25) is 0 Å². The van der Waals surface area contributed by atoms with Gasteiger partial charge in [-0.25, -0.2) is 0 Å². The number of carbonyl (C=O) groups is 2. The molecule has 138 valence electrons. The molecule has 0 aliphatic heterocycles. The molecule has 0 spiro atoms. The van der Waals surface area contributed by atoms with Crippen molar-refractivity contribution in [2.75, 3.05) is 5.32 Å². The maximum Gasteiger partial charge on any atom is 0.254 e. The zero-order valence-electron chi connectivity index (χ0n) is 15.1. The fraction of sp³-hybridized carbons (Fsp3) is 0.450. The van der Waals surface area contributed by atoms with Crippen molar-refractivity contribution >= 4 is 28.2 Å². The van der Waals surface area contributed by atoms with Gasteiger partial charge in [-0.3, -0.25) is 14.6 Å². The highest BCUT2D eigenvalue weighted by Crippen LogP contribution is 2.38. The van der Waals surface area contributed by atoms with Crippen molar-refractivity contribution in [2.45, 2.75) is 58.4 Å². The number of aromatic nitrogens is 1. The Labute approximate surface area is 158 Å². The Balaban J connectivity index is 1.78. The molecule has 2 aromatic heterocycles. The topological polar surface area (TPSA) is 71.1 Å². The van der Waals surface area contributed by atoms with Gasteiger partial charge in [-0.2, -0.15) is 0 Å². The van der Waals surface area contributed by atoms with E-state index in [2.05, 4.69) is 22.5 Å². The van der Waals surface area contributed by atoms with Crippen LogP contribution < -0.4 is 10.6 Å². The van der Waals surface area contributed by atoms with Gasteiger partial charge in [-0.1, -0.05) is 19.4 Å². The number of hydrogen-bond acceptors (Lipinski definition) is 4. The van der Waals surface area contributed by atoms with Crippen molar-refractivity contribution in [3.63, 3.8) is 0 Å². The lowest BCUT2D eigenvalue weighted by molar-refractivity contribution is -0.116. The minimum absolute atomic E-state index is 0.00763. The zero-order valence-corrected chi connectivity index (χ0v) is 16.0. The Hall–Kier alpha value is -2.21. The molecule has 2 N–H and O–H groups in total. The van der Waals surface area contributed by atoms with E-state index in [0.29, 0.717) is 23.5 Å². The van der Waals surface area contributed by atoms with Gasteiger partial charge in [0.15, 0.2) is 0 Å². The van der Waals surface area contributed by atoms with Gasteiger partial charge in [-0.05, 0) is 49.3 Å². The summed E-state index contributed by atoms with van der Waals surface area (Å²) in [6.45, 7) is 2.49. The van der Waals surface area contributed by atoms with Crippen LogP contribution in [0.1, 0.15) is 65.4 Å². The Morgan fingerprint density at radius 2 is 2.12 bits per heavy atom. The minimum Gasteiger partial charge on any atom is -0.348 e. The van der Waals surface area contributed by atoms with Crippen LogP contribution >= 0.6 is 11.3 Å².